The third kappa shape index (κ3) is 2.47. The Morgan fingerprint density at radius 3 is 2.50 bits per heavy atom. The summed E-state index contributed by atoms with van der Waals surface area (Å²) in [5.41, 5.74) is 0. The molecule has 0 radical (unpaired) electrons. The maximum absolute atomic E-state index is 3.45. The molecule has 0 amide bonds. The molecule has 1 aliphatic heterocycles. The molecule has 1 aliphatic rings. The van der Waals surface area contributed by atoms with Gasteiger partial charge in [-0.2, -0.15) is 0 Å². The molecule has 0 aromatic carbocycles. The standard InChI is InChI=1S/C4H8BrPS2/c5-1-2-6-7-3-4-8-6/h1-4H2. The molecule has 4 heteroatoms. The Balaban J connectivity index is 2.06. The van der Waals surface area contributed by atoms with Crippen LogP contribution in [-0.2, 0) is 0 Å². The topological polar surface area (TPSA) is 0 Å². The summed E-state index contributed by atoms with van der Waals surface area (Å²) >= 11 is 7.78. The fourth-order valence-electron chi connectivity index (χ4n) is 0.514. The Morgan fingerprint density at radius 2 is 2.00 bits per heavy atom. The van der Waals surface area contributed by atoms with Crippen LogP contribution in [0.15, 0.2) is 0 Å². The summed E-state index contributed by atoms with van der Waals surface area (Å²) in [4.78, 5) is 0. The lowest BCUT2D eigenvalue weighted by atomic mass is 11.0. The fraction of sp³-hybridized carbons (Fsp3) is 1.00. The molecule has 48 valence electrons. The second-order valence-electron chi connectivity index (χ2n) is 1.41. The van der Waals surface area contributed by atoms with E-state index in [1.54, 1.807) is 0 Å². The van der Waals surface area contributed by atoms with Crippen molar-refractivity contribution in [1.82, 2.24) is 0 Å². The summed E-state index contributed by atoms with van der Waals surface area (Å²) in [7, 11) is 0. The van der Waals surface area contributed by atoms with E-state index in [0.29, 0.717) is 6.33 Å². The van der Waals surface area contributed by atoms with E-state index < -0.39 is 0 Å². The van der Waals surface area contributed by atoms with Crippen LogP contribution in [0.2, 0.25) is 0 Å². The van der Waals surface area contributed by atoms with E-state index in [2.05, 4.69) is 38.7 Å². The maximum Gasteiger partial charge on any atom is 0.0131 e. The van der Waals surface area contributed by atoms with Crippen molar-refractivity contribution in [2.24, 2.45) is 0 Å². The van der Waals surface area contributed by atoms with Gasteiger partial charge in [-0.3, -0.25) is 0 Å². The van der Waals surface area contributed by atoms with Crippen LogP contribution < -0.4 is 0 Å². The van der Waals surface area contributed by atoms with Crippen molar-refractivity contribution >= 4 is 45.0 Å². The number of hydrogen-bond donors (Lipinski definition) is 0. The Bertz CT molecular complexity index is 65.1. The van der Waals surface area contributed by atoms with E-state index >= 15 is 0 Å². The summed E-state index contributed by atoms with van der Waals surface area (Å²) in [6, 6.07) is 0. The first-order chi connectivity index (χ1) is 3.93. The average Bonchev–Trinajstić information content (AvgIpc) is 2.19. The first-order valence-electron chi connectivity index (χ1n) is 2.53. The lowest BCUT2D eigenvalue weighted by molar-refractivity contribution is 1.58. The highest BCUT2D eigenvalue weighted by atomic mass is 79.9. The predicted molar refractivity (Wildman–Crippen MR) is 50.5 cm³/mol. The Labute approximate surface area is 67.9 Å². The maximum atomic E-state index is 3.45. The number of alkyl halides is 1. The molecule has 0 atom stereocenters. The van der Waals surface area contributed by atoms with Crippen LogP contribution in [0, 0.1) is 0 Å². The van der Waals surface area contributed by atoms with Gasteiger partial charge < -0.3 is 0 Å². The number of halogens is 1. The van der Waals surface area contributed by atoms with Crippen LogP contribution in [0.1, 0.15) is 0 Å². The van der Waals surface area contributed by atoms with Crippen LogP contribution >= 0.6 is 45.0 Å². The van der Waals surface area contributed by atoms with Crippen molar-refractivity contribution in [3.63, 3.8) is 0 Å². The zero-order valence-electron chi connectivity index (χ0n) is 4.47. The fourth-order valence-corrected chi connectivity index (χ4v) is 10.6. The van der Waals surface area contributed by atoms with Crippen LogP contribution in [0.5, 0.6) is 0 Å². The van der Waals surface area contributed by atoms with E-state index in [0.717, 1.165) is 0 Å². The van der Waals surface area contributed by atoms with Crippen molar-refractivity contribution < 1.29 is 0 Å². The Kier molecular flexibility index (Phi) is 4.27. The molecule has 0 aromatic rings. The van der Waals surface area contributed by atoms with E-state index in [4.69, 9.17) is 0 Å². The van der Waals surface area contributed by atoms with Crippen LogP contribution in [0.4, 0.5) is 0 Å². The van der Waals surface area contributed by atoms with Gasteiger partial charge in [0.1, 0.15) is 0 Å². The summed E-state index contributed by atoms with van der Waals surface area (Å²) < 4.78 is 0. The van der Waals surface area contributed by atoms with Gasteiger partial charge in [-0.1, -0.05) is 15.9 Å². The zero-order valence-corrected chi connectivity index (χ0v) is 8.58. The second-order valence-corrected chi connectivity index (χ2v) is 9.54. The van der Waals surface area contributed by atoms with Gasteiger partial charge in [-0.15, -0.1) is 22.8 Å². The third-order valence-electron chi connectivity index (χ3n) is 0.821. The van der Waals surface area contributed by atoms with Gasteiger partial charge in [0.25, 0.3) is 0 Å². The van der Waals surface area contributed by atoms with Gasteiger partial charge in [0.15, 0.2) is 0 Å². The predicted octanol–water partition coefficient (Wildman–Crippen LogP) is 3.17. The molecule has 0 bridgehead atoms. The highest BCUT2D eigenvalue weighted by Crippen LogP contribution is 2.65. The monoisotopic (exact) mass is 230 g/mol. The molecule has 8 heavy (non-hydrogen) atoms. The molecule has 1 fully saturated rings. The SMILES string of the molecule is BrCCP1SCCS1. The molecular weight excluding hydrogens is 223 g/mol. The van der Waals surface area contributed by atoms with Crippen LogP contribution in [-0.4, -0.2) is 23.0 Å². The minimum absolute atomic E-state index is 0.341. The van der Waals surface area contributed by atoms with Crippen molar-refractivity contribution in [3.8, 4) is 0 Å². The number of rotatable bonds is 2. The highest BCUT2D eigenvalue weighted by Gasteiger charge is 2.13. The summed E-state index contributed by atoms with van der Waals surface area (Å²) in [5.74, 6) is 2.78. The molecule has 1 rings (SSSR count). The normalized spacial score (nSPS) is 22.1. The van der Waals surface area contributed by atoms with Gasteiger partial charge in [-0.25, -0.2) is 0 Å². The minimum atomic E-state index is 0.341. The van der Waals surface area contributed by atoms with Gasteiger partial charge in [-0.05, 0) is 6.16 Å². The van der Waals surface area contributed by atoms with Crippen molar-refractivity contribution in [2.45, 2.75) is 0 Å². The van der Waals surface area contributed by atoms with Crippen molar-refractivity contribution in [2.75, 3.05) is 23.0 Å². The molecule has 0 spiro atoms. The van der Waals surface area contributed by atoms with E-state index in [-0.39, 0.29) is 0 Å². The highest BCUT2D eigenvalue weighted by molar-refractivity contribution is 9.09. The van der Waals surface area contributed by atoms with Gasteiger partial charge >= 0.3 is 0 Å². The van der Waals surface area contributed by atoms with Gasteiger partial charge in [0.05, 0.1) is 0 Å². The lowest BCUT2D eigenvalue weighted by Gasteiger charge is -2.01. The molecule has 1 heterocycles. The van der Waals surface area contributed by atoms with Gasteiger partial charge in [0.2, 0.25) is 0 Å². The summed E-state index contributed by atoms with van der Waals surface area (Å²) in [6.45, 7) is 0. The van der Waals surface area contributed by atoms with Gasteiger partial charge in [0, 0.05) is 23.2 Å². The summed E-state index contributed by atoms with van der Waals surface area (Å²) in [5, 5.41) is 1.19. The first kappa shape index (κ1) is 7.71. The van der Waals surface area contributed by atoms with E-state index in [1.165, 1.54) is 23.0 Å². The van der Waals surface area contributed by atoms with E-state index in [9.17, 15) is 0 Å². The molecule has 0 N–H and O–H groups in total. The lowest BCUT2D eigenvalue weighted by Crippen LogP contribution is -1.72. The quantitative estimate of drug-likeness (QED) is 0.528. The Morgan fingerprint density at radius 1 is 1.38 bits per heavy atom. The van der Waals surface area contributed by atoms with Crippen molar-refractivity contribution in [3.05, 3.63) is 0 Å². The molecule has 0 saturated carbocycles. The third-order valence-corrected chi connectivity index (χ3v) is 9.84. The molecule has 1 saturated heterocycles. The average molecular weight is 231 g/mol. The molecule has 0 aliphatic carbocycles. The molecular formula is C4H8BrPS2. The minimum Gasteiger partial charge on any atom is -0.122 e. The molecule has 0 aromatic heterocycles. The van der Waals surface area contributed by atoms with Crippen LogP contribution in [0.3, 0.4) is 0 Å². The smallest absolute Gasteiger partial charge is 0.0131 e. The first-order valence-corrected chi connectivity index (χ1v) is 8.36. The second kappa shape index (κ2) is 4.43. The zero-order chi connectivity index (χ0) is 5.82. The molecule has 0 nitrogen and oxygen atoms in total. The van der Waals surface area contributed by atoms with E-state index in [1.807, 2.05) is 0 Å². The molecule has 0 unspecified atom stereocenters. The van der Waals surface area contributed by atoms with Crippen molar-refractivity contribution in [1.29, 1.82) is 0 Å². The van der Waals surface area contributed by atoms with Crippen LogP contribution in [0.25, 0.3) is 0 Å². The number of hydrogen-bond acceptors (Lipinski definition) is 2. The Hall–Kier alpha value is 1.61. The largest absolute Gasteiger partial charge is 0.122 e. The summed E-state index contributed by atoms with van der Waals surface area (Å²) in [6.07, 6.45) is 1.73.